The summed E-state index contributed by atoms with van der Waals surface area (Å²) in [5.41, 5.74) is 1.46. The van der Waals surface area contributed by atoms with Crippen molar-refractivity contribution in [1.82, 2.24) is 0 Å². The second-order valence-electron chi connectivity index (χ2n) is 5.84. The molecule has 0 heterocycles. The summed E-state index contributed by atoms with van der Waals surface area (Å²) in [6.07, 6.45) is 0. The Morgan fingerprint density at radius 3 is 2.11 bits per heavy atom. The monoisotopic (exact) mass is 463 g/mol. The number of sulfonamides is 1. The zero-order valence-electron chi connectivity index (χ0n) is 14.3. The molecule has 0 saturated carbocycles. The number of aryl methyl sites for hydroxylation is 1. The average Bonchev–Trinajstić information content (AvgIpc) is 2.64. The first kappa shape index (κ1) is 19.6. The Morgan fingerprint density at radius 1 is 0.926 bits per heavy atom. The summed E-state index contributed by atoms with van der Waals surface area (Å²) >= 11 is 9.20. The molecule has 0 aliphatic heterocycles. The molecular formula is C20H15BrClNO3S. The predicted octanol–water partition coefficient (Wildman–Crippen LogP) is 5.45. The number of hydrogen-bond acceptors (Lipinski definition) is 3. The van der Waals surface area contributed by atoms with E-state index in [4.69, 9.17) is 11.6 Å². The summed E-state index contributed by atoms with van der Waals surface area (Å²) in [4.78, 5) is 13.2. The van der Waals surface area contributed by atoms with Gasteiger partial charge in [0.2, 0.25) is 0 Å². The maximum atomic E-state index is 13.3. The minimum atomic E-state index is -4.14. The number of rotatable bonds is 4. The summed E-state index contributed by atoms with van der Waals surface area (Å²) in [5.74, 6) is -0.652. The SMILES string of the molecule is Cc1ccc(N(C(=O)c2ccccc2Br)S(=O)(=O)c2ccc(Cl)cc2)cc1. The molecule has 3 aromatic carbocycles. The second-order valence-corrected chi connectivity index (χ2v) is 8.92. The molecule has 7 heteroatoms. The van der Waals surface area contributed by atoms with Gasteiger partial charge in [0.25, 0.3) is 15.9 Å². The smallest absolute Gasteiger partial charge is 0.268 e. The molecule has 0 bridgehead atoms. The fraction of sp³-hybridized carbons (Fsp3) is 0.0500. The van der Waals surface area contributed by atoms with Gasteiger partial charge < -0.3 is 0 Å². The van der Waals surface area contributed by atoms with Gasteiger partial charge in [-0.25, -0.2) is 8.42 Å². The number of carbonyl (C=O) groups is 1. The van der Waals surface area contributed by atoms with Gasteiger partial charge in [0, 0.05) is 9.50 Å². The van der Waals surface area contributed by atoms with Crippen LogP contribution in [0.5, 0.6) is 0 Å². The standard InChI is InChI=1S/C20H15BrClNO3S/c1-14-6-10-16(11-7-14)23(20(24)18-4-2-3-5-19(18)21)27(25,26)17-12-8-15(22)9-13-17/h2-13H,1H3. The lowest BCUT2D eigenvalue weighted by Gasteiger charge is -2.23. The number of hydrogen-bond donors (Lipinski definition) is 0. The van der Waals surface area contributed by atoms with Crippen LogP contribution in [0.1, 0.15) is 15.9 Å². The van der Waals surface area contributed by atoms with Crippen LogP contribution >= 0.6 is 27.5 Å². The molecule has 27 heavy (non-hydrogen) atoms. The largest absolute Gasteiger partial charge is 0.273 e. The Kier molecular flexibility index (Phi) is 5.69. The molecule has 0 atom stereocenters. The first-order chi connectivity index (χ1) is 12.8. The maximum absolute atomic E-state index is 13.3. The number of halogens is 2. The second kappa shape index (κ2) is 7.84. The van der Waals surface area contributed by atoms with Gasteiger partial charge in [0.1, 0.15) is 0 Å². The molecule has 0 aliphatic carbocycles. The van der Waals surface area contributed by atoms with E-state index in [0.29, 0.717) is 9.50 Å². The van der Waals surface area contributed by atoms with Gasteiger partial charge in [-0.05, 0) is 71.4 Å². The molecule has 0 aromatic heterocycles. The Morgan fingerprint density at radius 2 is 1.52 bits per heavy atom. The van der Waals surface area contributed by atoms with Crippen LogP contribution in [0.3, 0.4) is 0 Å². The molecule has 4 nitrogen and oxygen atoms in total. The van der Waals surface area contributed by atoms with Crippen LogP contribution in [0.15, 0.2) is 82.2 Å². The van der Waals surface area contributed by atoms with Crippen molar-refractivity contribution in [2.45, 2.75) is 11.8 Å². The Hall–Kier alpha value is -2.15. The first-order valence-electron chi connectivity index (χ1n) is 7.97. The highest BCUT2D eigenvalue weighted by Gasteiger charge is 2.32. The highest BCUT2D eigenvalue weighted by atomic mass is 79.9. The van der Waals surface area contributed by atoms with E-state index < -0.39 is 15.9 Å². The number of anilines is 1. The zero-order chi connectivity index (χ0) is 19.6. The van der Waals surface area contributed by atoms with Gasteiger partial charge in [-0.3, -0.25) is 4.79 Å². The van der Waals surface area contributed by atoms with Gasteiger partial charge >= 0.3 is 0 Å². The molecule has 138 valence electrons. The van der Waals surface area contributed by atoms with Crippen molar-refractivity contribution >= 4 is 49.1 Å². The van der Waals surface area contributed by atoms with Crippen molar-refractivity contribution < 1.29 is 13.2 Å². The van der Waals surface area contributed by atoms with Crippen molar-refractivity contribution in [3.8, 4) is 0 Å². The third kappa shape index (κ3) is 4.08. The fourth-order valence-electron chi connectivity index (χ4n) is 2.50. The van der Waals surface area contributed by atoms with Crippen LogP contribution in [0.25, 0.3) is 0 Å². The topological polar surface area (TPSA) is 54.5 Å². The quantitative estimate of drug-likeness (QED) is 0.516. The molecule has 0 saturated heterocycles. The first-order valence-corrected chi connectivity index (χ1v) is 10.6. The average molecular weight is 465 g/mol. The zero-order valence-corrected chi connectivity index (χ0v) is 17.4. The third-order valence-corrected chi connectivity index (χ3v) is 6.58. The van der Waals surface area contributed by atoms with Crippen molar-refractivity contribution in [1.29, 1.82) is 0 Å². The van der Waals surface area contributed by atoms with Gasteiger partial charge in [-0.15, -0.1) is 0 Å². The molecule has 0 N–H and O–H groups in total. The van der Waals surface area contributed by atoms with E-state index in [9.17, 15) is 13.2 Å². The summed E-state index contributed by atoms with van der Waals surface area (Å²) < 4.78 is 27.9. The number of amides is 1. The normalized spacial score (nSPS) is 11.2. The summed E-state index contributed by atoms with van der Waals surface area (Å²) in [7, 11) is -4.14. The van der Waals surface area contributed by atoms with Crippen LogP contribution in [0.2, 0.25) is 5.02 Å². The molecule has 1 amide bonds. The molecule has 0 radical (unpaired) electrons. The molecule has 0 spiro atoms. The van der Waals surface area contributed by atoms with Crippen LogP contribution in [-0.4, -0.2) is 14.3 Å². The molecule has 0 unspecified atom stereocenters. The number of carbonyl (C=O) groups excluding carboxylic acids is 1. The lowest BCUT2D eigenvalue weighted by atomic mass is 10.2. The van der Waals surface area contributed by atoms with Crippen molar-refractivity contribution in [3.63, 3.8) is 0 Å². The van der Waals surface area contributed by atoms with Crippen LogP contribution < -0.4 is 4.31 Å². The summed E-state index contributed by atoms with van der Waals surface area (Å²) in [6.45, 7) is 1.89. The van der Waals surface area contributed by atoms with Gasteiger partial charge in [0.05, 0.1) is 16.1 Å². The summed E-state index contributed by atoms with van der Waals surface area (Å²) in [6, 6.07) is 19.1. The van der Waals surface area contributed by atoms with Gasteiger partial charge in [-0.1, -0.05) is 41.4 Å². The Bertz CT molecular complexity index is 1080. The van der Waals surface area contributed by atoms with E-state index in [-0.39, 0.29) is 16.1 Å². The minimum Gasteiger partial charge on any atom is -0.268 e. The van der Waals surface area contributed by atoms with Crippen molar-refractivity contribution in [3.05, 3.63) is 93.4 Å². The van der Waals surface area contributed by atoms with E-state index in [1.165, 1.54) is 24.3 Å². The third-order valence-electron chi connectivity index (χ3n) is 3.91. The molecule has 3 aromatic rings. The van der Waals surface area contributed by atoms with E-state index in [0.717, 1.165) is 9.87 Å². The van der Waals surface area contributed by atoms with E-state index >= 15 is 0 Å². The lowest BCUT2D eigenvalue weighted by Crippen LogP contribution is -2.37. The number of nitrogens with zero attached hydrogens (tertiary/aromatic N) is 1. The van der Waals surface area contributed by atoms with E-state index in [1.54, 1.807) is 48.5 Å². The number of benzene rings is 3. The van der Waals surface area contributed by atoms with Crippen LogP contribution in [0.4, 0.5) is 5.69 Å². The maximum Gasteiger partial charge on any atom is 0.273 e. The van der Waals surface area contributed by atoms with Crippen LogP contribution in [0, 0.1) is 6.92 Å². The summed E-state index contributed by atoms with van der Waals surface area (Å²) in [5, 5.41) is 0.410. The van der Waals surface area contributed by atoms with Crippen LogP contribution in [-0.2, 0) is 10.0 Å². The van der Waals surface area contributed by atoms with E-state index in [2.05, 4.69) is 15.9 Å². The fourth-order valence-corrected chi connectivity index (χ4v) is 4.49. The lowest BCUT2D eigenvalue weighted by molar-refractivity contribution is 0.100. The molecule has 0 fully saturated rings. The van der Waals surface area contributed by atoms with Crippen molar-refractivity contribution in [2.75, 3.05) is 4.31 Å². The van der Waals surface area contributed by atoms with Crippen molar-refractivity contribution in [2.24, 2.45) is 0 Å². The minimum absolute atomic E-state index is 0.0205. The highest BCUT2D eigenvalue weighted by Crippen LogP contribution is 2.29. The Labute approximate surface area is 171 Å². The van der Waals surface area contributed by atoms with E-state index in [1.807, 2.05) is 6.92 Å². The highest BCUT2D eigenvalue weighted by molar-refractivity contribution is 9.10. The molecule has 3 rings (SSSR count). The van der Waals surface area contributed by atoms with Gasteiger partial charge in [0.15, 0.2) is 0 Å². The molecular weight excluding hydrogens is 450 g/mol. The Balaban J connectivity index is 2.18. The predicted molar refractivity (Wildman–Crippen MR) is 111 cm³/mol. The molecule has 0 aliphatic rings. The van der Waals surface area contributed by atoms with Gasteiger partial charge in [-0.2, -0.15) is 4.31 Å².